The maximum atomic E-state index is 11.4. The molecule has 1 aliphatic carbocycles. The predicted molar refractivity (Wildman–Crippen MR) is 85.6 cm³/mol. The second-order valence-corrected chi connectivity index (χ2v) is 6.20. The highest BCUT2D eigenvalue weighted by Gasteiger charge is 2.32. The molecule has 0 heterocycles. The van der Waals surface area contributed by atoms with Crippen LogP contribution in [0.5, 0.6) is 0 Å². The van der Waals surface area contributed by atoms with Gasteiger partial charge in [-0.25, -0.2) is 4.79 Å². The lowest BCUT2D eigenvalue weighted by atomic mass is 9.76. The predicted octanol–water partition coefficient (Wildman–Crippen LogP) is 4.43. The third kappa shape index (κ3) is 3.17. The molecule has 0 N–H and O–H groups in total. The van der Waals surface area contributed by atoms with E-state index in [1.54, 1.807) is 0 Å². The van der Waals surface area contributed by atoms with Crippen LogP contribution in [-0.4, -0.2) is 12.5 Å². The Kier molecular flexibility index (Phi) is 4.50. The van der Waals surface area contributed by atoms with Crippen molar-refractivity contribution in [1.82, 2.24) is 0 Å². The van der Waals surface area contributed by atoms with E-state index in [-0.39, 0.29) is 11.3 Å². The van der Waals surface area contributed by atoms with Crippen molar-refractivity contribution in [2.24, 2.45) is 5.41 Å². The summed E-state index contributed by atoms with van der Waals surface area (Å²) < 4.78 is 5.95. The van der Waals surface area contributed by atoms with Crippen molar-refractivity contribution in [3.8, 4) is 0 Å². The second-order valence-electron chi connectivity index (χ2n) is 6.20. The third-order valence-corrected chi connectivity index (χ3v) is 3.63. The summed E-state index contributed by atoms with van der Waals surface area (Å²) in [5.74, 6) is 2.79. The smallest absolute Gasteiger partial charge is 0.129 e. The fourth-order valence-corrected chi connectivity index (χ4v) is 2.65. The van der Waals surface area contributed by atoms with E-state index in [0.717, 1.165) is 16.9 Å². The van der Waals surface area contributed by atoms with Crippen LogP contribution in [0.4, 0.5) is 0 Å². The van der Waals surface area contributed by atoms with Gasteiger partial charge in [-0.15, -0.1) is 0 Å². The Hall–Kier alpha value is -2.05. The van der Waals surface area contributed by atoms with Crippen molar-refractivity contribution in [2.75, 3.05) is 6.61 Å². The topological polar surface area (TPSA) is 26.3 Å². The van der Waals surface area contributed by atoms with Crippen LogP contribution in [0.3, 0.4) is 0 Å². The Morgan fingerprint density at radius 2 is 1.81 bits per heavy atom. The van der Waals surface area contributed by atoms with Crippen LogP contribution in [0.15, 0.2) is 59.4 Å². The number of hydrogen-bond acceptors (Lipinski definition) is 2. The van der Waals surface area contributed by atoms with Crippen LogP contribution in [-0.2, 0) is 9.53 Å². The number of rotatable bonds is 3. The van der Waals surface area contributed by atoms with Gasteiger partial charge >= 0.3 is 0 Å². The maximum absolute atomic E-state index is 11.4. The van der Waals surface area contributed by atoms with Crippen molar-refractivity contribution < 1.29 is 9.53 Å². The van der Waals surface area contributed by atoms with Crippen LogP contribution in [0.25, 0.3) is 0 Å². The molecule has 0 amide bonds. The fourth-order valence-electron chi connectivity index (χ4n) is 2.65. The second kappa shape index (κ2) is 6.15. The van der Waals surface area contributed by atoms with Crippen molar-refractivity contribution in [3.63, 3.8) is 0 Å². The molecular weight excluding hydrogens is 260 g/mol. The Morgan fingerprint density at radius 3 is 2.33 bits per heavy atom. The van der Waals surface area contributed by atoms with Gasteiger partial charge in [-0.1, -0.05) is 57.2 Å². The van der Waals surface area contributed by atoms with E-state index >= 15 is 0 Å². The average Bonchev–Trinajstić information content (AvgIpc) is 2.46. The van der Waals surface area contributed by atoms with E-state index in [9.17, 15) is 4.79 Å². The van der Waals surface area contributed by atoms with E-state index < -0.39 is 0 Å². The molecule has 0 saturated carbocycles. The first-order valence-corrected chi connectivity index (χ1v) is 7.34. The van der Waals surface area contributed by atoms with Gasteiger partial charge in [0, 0.05) is 0 Å². The standard InChI is InChI=1S/C19H22O2/c1-5-21-18-16(19(2,3)4)12-11-15(13-20)17(18)14-9-7-6-8-10-14/h6-12,17H,5H2,1-4H3. The molecule has 0 aromatic heterocycles. The minimum atomic E-state index is -0.164. The Labute approximate surface area is 126 Å². The van der Waals surface area contributed by atoms with Gasteiger partial charge < -0.3 is 4.74 Å². The van der Waals surface area contributed by atoms with Crippen LogP contribution in [0.1, 0.15) is 39.2 Å². The zero-order valence-electron chi connectivity index (χ0n) is 13.1. The summed E-state index contributed by atoms with van der Waals surface area (Å²) in [5, 5.41) is 0. The summed E-state index contributed by atoms with van der Waals surface area (Å²) in [4.78, 5) is 11.4. The Balaban J connectivity index is 2.64. The SMILES string of the molecule is CCOC1=C(C(C)(C)C)C=CC(=C=O)C1c1ccccc1. The molecule has 1 aromatic carbocycles. The molecule has 0 radical (unpaired) electrons. The zero-order chi connectivity index (χ0) is 15.5. The molecule has 1 aromatic rings. The van der Waals surface area contributed by atoms with E-state index in [1.165, 1.54) is 0 Å². The highest BCUT2D eigenvalue weighted by atomic mass is 16.5. The monoisotopic (exact) mass is 282 g/mol. The molecule has 2 heteroatoms. The van der Waals surface area contributed by atoms with E-state index in [1.807, 2.05) is 49.4 Å². The fraction of sp³-hybridized carbons (Fsp3) is 0.368. The molecule has 21 heavy (non-hydrogen) atoms. The van der Waals surface area contributed by atoms with Crippen LogP contribution in [0, 0.1) is 5.41 Å². The summed E-state index contributed by atoms with van der Waals surface area (Å²) >= 11 is 0. The summed E-state index contributed by atoms with van der Waals surface area (Å²) in [6, 6.07) is 9.99. The van der Waals surface area contributed by atoms with Gasteiger partial charge in [0.1, 0.15) is 11.7 Å². The number of carbonyl (C=O) groups excluding carboxylic acids is 1. The molecule has 0 saturated heterocycles. The van der Waals surface area contributed by atoms with E-state index in [2.05, 4.69) is 26.7 Å². The van der Waals surface area contributed by atoms with Crippen LogP contribution >= 0.6 is 0 Å². The Bertz CT molecular complexity index is 609. The van der Waals surface area contributed by atoms with E-state index in [4.69, 9.17) is 4.74 Å². The van der Waals surface area contributed by atoms with Gasteiger partial charge in [0.05, 0.1) is 18.1 Å². The highest BCUT2D eigenvalue weighted by molar-refractivity contribution is 5.66. The first-order valence-electron chi connectivity index (χ1n) is 7.34. The number of ether oxygens (including phenoxy) is 1. The largest absolute Gasteiger partial charge is 0.497 e. The normalized spacial score (nSPS) is 18.7. The van der Waals surface area contributed by atoms with Crippen LogP contribution < -0.4 is 0 Å². The molecule has 0 spiro atoms. The molecule has 0 aliphatic heterocycles. The average molecular weight is 282 g/mol. The summed E-state index contributed by atoms with van der Waals surface area (Å²) in [5.41, 5.74) is 2.78. The van der Waals surface area contributed by atoms with E-state index in [0.29, 0.717) is 12.2 Å². The molecule has 0 fully saturated rings. The summed E-state index contributed by atoms with van der Waals surface area (Å²) in [6.45, 7) is 9.02. The molecule has 0 bridgehead atoms. The van der Waals surface area contributed by atoms with Crippen molar-refractivity contribution >= 4 is 5.94 Å². The van der Waals surface area contributed by atoms with Crippen molar-refractivity contribution in [2.45, 2.75) is 33.6 Å². The quantitative estimate of drug-likeness (QED) is 0.766. The first-order chi connectivity index (χ1) is 9.99. The lowest BCUT2D eigenvalue weighted by Gasteiger charge is -2.31. The number of hydrogen-bond donors (Lipinski definition) is 0. The van der Waals surface area contributed by atoms with Gasteiger partial charge in [0.15, 0.2) is 0 Å². The first kappa shape index (κ1) is 15.3. The van der Waals surface area contributed by atoms with Gasteiger partial charge in [-0.05, 0) is 29.6 Å². The zero-order valence-corrected chi connectivity index (χ0v) is 13.1. The molecule has 110 valence electrons. The number of allylic oxidation sites excluding steroid dienone is 4. The molecule has 1 atom stereocenters. The van der Waals surface area contributed by atoms with Gasteiger partial charge in [0.25, 0.3) is 0 Å². The van der Waals surface area contributed by atoms with Gasteiger partial charge in [-0.2, -0.15) is 0 Å². The molecule has 2 rings (SSSR count). The van der Waals surface area contributed by atoms with Crippen molar-refractivity contribution in [3.05, 3.63) is 65.0 Å². The summed E-state index contributed by atoms with van der Waals surface area (Å²) in [6.07, 6.45) is 3.86. The van der Waals surface area contributed by atoms with Crippen molar-refractivity contribution in [1.29, 1.82) is 0 Å². The molecule has 1 unspecified atom stereocenters. The Morgan fingerprint density at radius 1 is 1.14 bits per heavy atom. The maximum Gasteiger partial charge on any atom is 0.129 e. The van der Waals surface area contributed by atoms with Gasteiger partial charge in [0.2, 0.25) is 0 Å². The molecular formula is C19H22O2. The lowest BCUT2D eigenvalue weighted by Crippen LogP contribution is -2.20. The van der Waals surface area contributed by atoms with Crippen LogP contribution in [0.2, 0.25) is 0 Å². The highest BCUT2D eigenvalue weighted by Crippen LogP contribution is 2.43. The third-order valence-electron chi connectivity index (χ3n) is 3.63. The minimum Gasteiger partial charge on any atom is -0.497 e. The molecule has 1 aliphatic rings. The lowest BCUT2D eigenvalue weighted by molar-refractivity contribution is 0.204. The summed E-state index contributed by atoms with van der Waals surface area (Å²) in [7, 11) is 0. The minimum absolute atomic E-state index is 0.0392. The van der Waals surface area contributed by atoms with Gasteiger partial charge in [-0.3, -0.25) is 0 Å². The number of benzene rings is 1. The molecule has 2 nitrogen and oxygen atoms in total.